The van der Waals surface area contributed by atoms with E-state index >= 15 is 0 Å². The Hall–Kier alpha value is -1.38. The van der Waals surface area contributed by atoms with Crippen molar-refractivity contribution in [2.45, 2.75) is 108 Å². The first-order valence-electron chi connectivity index (χ1n) is 13.1. The van der Waals surface area contributed by atoms with Crippen LogP contribution in [0.1, 0.15) is 114 Å². The number of aromatic nitrogens is 1. The average Bonchev–Trinajstić information content (AvgIpc) is 3.32. The molecule has 3 nitrogen and oxygen atoms in total. The summed E-state index contributed by atoms with van der Waals surface area (Å²) in [6, 6.07) is 7.02. The molecule has 3 fully saturated rings. The van der Waals surface area contributed by atoms with Gasteiger partial charge in [0, 0.05) is 11.6 Å². The summed E-state index contributed by atoms with van der Waals surface area (Å²) in [5.41, 5.74) is 2.32. The lowest BCUT2D eigenvalue weighted by atomic mass is 9.68. The normalized spacial score (nSPS) is 27.2. The van der Waals surface area contributed by atoms with Crippen LogP contribution in [0, 0.1) is 17.8 Å². The molecule has 0 aromatic carbocycles. The van der Waals surface area contributed by atoms with Crippen molar-refractivity contribution in [2.75, 3.05) is 6.61 Å². The molecule has 0 amide bonds. The minimum absolute atomic E-state index is 0.359. The summed E-state index contributed by atoms with van der Waals surface area (Å²) in [6.45, 7) is 0.764. The first kappa shape index (κ1) is 20.5. The third kappa shape index (κ3) is 4.60. The molecule has 0 radical (unpaired) electrons. The maximum absolute atomic E-state index is 6.12. The molecule has 3 aliphatic carbocycles. The molecule has 30 heavy (non-hydrogen) atoms. The molecule has 164 valence electrons. The van der Waals surface area contributed by atoms with Gasteiger partial charge in [-0.05, 0) is 68.4 Å². The second-order valence-electron chi connectivity index (χ2n) is 10.5. The van der Waals surface area contributed by atoms with Crippen molar-refractivity contribution >= 4 is 5.90 Å². The molecule has 0 bridgehead atoms. The summed E-state index contributed by atoms with van der Waals surface area (Å²) in [5.74, 6) is 3.83. The highest BCUT2D eigenvalue weighted by molar-refractivity contribution is 5.93. The van der Waals surface area contributed by atoms with E-state index < -0.39 is 0 Å². The topological polar surface area (TPSA) is 34.5 Å². The number of hydrogen-bond acceptors (Lipinski definition) is 3. The summed E-state index contributed by atoms with van der Waals surface area (Å²) in [4.78, 5) is 10.3. The molecule has 3 heteroatoms. The Bertz CT molecular complexity index is 693. The minimum atomic E-state index is 0.359. The zero-order valence-electron chi connectivity index (χ0n) is 18.7. The van der Waals surface area contributed by atoms with Crippen molar-refractivity contribution in [1.82, 2.24) is 4.98 Å². The molecule has 1 atom stereocenters. The molecule has 1 aromatic heterocycles. The predicted molar refractivity (Wildman–Crippen MR) is 123 cm³/mol. The van der Waals surface area contributed by atoms with Crippen molar-refractivity contribution in [1.29, 1.82) is 0 Å². The third-order valence-corrected chi connectivity index (χ3v) is 8.51. The third-order valence-electron chi connectivity index (χ3n) is 8.51. The molecular formula is C27H40N2O. The Kier molecular flexibility index (Phi) is 6.72. The van der Waals surface area contributed by atoms with Gasteiger partial charge < -0.3 is 4.74 Å². The fourth-order valence-electron chi connectivity index (χ4n) is 6.90. The van der Waals surface area contributed by atoms with Crippen molar-refractivity contribution < 1.29 is 4.74 Å². The average molecular weight is 409 g/mol. The van der Waals surface area contributed by atoms with Gasteiger partial charge >= 0.3 is 0 Å². The largest absolute Gasteiger partial charge is 0.474 e. The number of hydrogen-bond donors (Lipinski definition) is 0. The smallest absolute Gasteiger partial charge is 0.235 e. The van der Waals surface area contributed by atoms with Crippen LogP contribution >= 0.6 is 0 Å². The zero-order valence-corrected chi connectivity index (χ0v) is 18.7. The van der Waals surface area contributed by atoms with Gasteiger partial charge in [-0.3, -0.25) is 0 Å². The standard InChI is InChI=1S/C27H40N2O/c1-4-11-20(12-5-1)25-19-30-27(29-25)24-18-10-17-23(28-24)26(21-13-6-2-7-14-21)22-15-8-3-9-16-22/h10,17-18,20-22,25-26H,1-9,11-16,19H2/t25-/m1/s1. The Balaban J connectivity index is 1.37. The van der Waals surface area contributed by atoms with Gasteiger partial charge in [-0.25, -0.2) is 9.98 Å². The molecule has 4 aliphatic rings. The molecule has 1 aromatic rings. The van der Waals surface area contributed by atoms with Crippen LogP contribution in [0.5, 0.6) is 0 Å². The van der Waals surface area contributed by atoms with E-state index in [4.69, 9.17) is 14.7 Å². The van der Waals surface area contributed by atoms with Crippen molar-refractivity contribution in [3.63, 3.8) is 0 Å². The number of aliphatic imine (C=N–C) groups is 1. The van der Waals surface area contributed by atoms with E-state index in [2.05, 4.69) is 18.2 Å². The monoisotopic (exact) mass is 408 g/mol. The van der Waals surface area contributed by atoms with Crippen LogP contribution in [-0.4, -0.2) is 23.5 Å². The highest BCUT2D eigenvalue weighted by atomic mass is 16.5. The predicted octanol–water partition coefficient (Wildman–Crippen LogP) is 7.05. The highest BCUT2D eigenvalue weighted by Crippen LogP contribution is 2.45. The fourth-order valence-corrected chi connectivity index (χ4v) is 6.90. The molecule has 3 saturated carbocycles. The van der Waals surface area contributed by atoms with Crippen LogP contribution in [-0.2, 0) is 4.74 Å². The lowest BCUT2D eigenvalue weighted by Gasteiger charge is -2.37. The maximum Gasteiger partial charge on any atom is 0.235 e. The number of ether oxygens (including phenoxy) is 1. The summed E-state index contributed by atoms with van der Waals surface area (Å²) in [6.07, 6.45) is 20.8. The molecule has 0 N–H and O–H groups in total. The summed E-state index contributed by atoms with van der Waals surface area (Å²) in [7, 11) is 0. The second-order valence-corrected chi connectivity index (χ2v) is 10.5. The maximum atomic E-state index is 6.12. The number of pyridine rings is 1. The molecule has 5 rings (SSSR count). The first-order chi connectivity index (χ1) is 14.9. The van der Waals surface area contributed by atoms with Gasteiger partial charge in [-0.15, -0.1) is 0 Å². The van der Waals surface area contributed by atoms with E-state index in [1.165, 1.54) is 102 Å². The van der Waals surface area contributed by atoms with Gasteiger partial charge in [-0.2, -0.15) is 0 Å². The summed E-state index contributed by atoms with van der Waals surface area (Å²) < 4.78 is 6.12. The van der Waals surface area contributed by atoms with E-state index in [0.29, 0.717) is 12.0 Å². The summed E-state index contributed by atoms with van der Waals surface area (Å²) >= 11 is 0. The van der Waals surface area contributed by atoms with E-state index in [-0.39, 0.29) is 0 Å². The zero-order chi connectivity index (χ0) is 20.2. The lowest BCUT2D eigenvalue weighted by Crippen LogP contribution is -2.26. The van der Waals surface area contributed by atoms with Crippen molar-refractivity contribution in [3.05, 3.63) is 29.6 Å². The van der Waals surface area contributed by atoms with Gasteiger partial charge in [0.1, 0.15) is 12.3 Å². The van der Waals surface area contributed by atoms with E-state index in [0.717, 1.165) is 36.0 Å². The molecule has 2 heterocycles. The molecule has 0 saturated heterocycles. The lowest BCUT2D eigenvalue weighted by molar-refractivity contribution is 0.199. The fraction of sp³-hybridized carbons (Fsp3) is 0.778. The van der Waals surface area contributed by atoms with Crippen LogP contribution in [0.15, 0.2) is 23.2 Å². The Morgan fingerprint density at radius 1 is 0.733 bits per heavy atom. The SMILES string of the molecule is c1cc(C2=N[C@@H](C3CCCCC3)CO2)nc(C(C2CCCCC2)C2CCCCC2)c1. The Morgan fingerprint density at radius 2 is 1.33 bits per heavy atom. The van der Waals surface area contributed by atoms with Crippen LogP contribution in [0.2, 0.25) is 0 Å². The summed E-state index contributed by atoms with van der Waals surface area (Å²) in [5, 5.41) is 0. The van der Waals surface area contributed by atoms with E-state index in [1.807, 2.05) is 0 Å². The Labute approximate surface area is 183 Å². The van der Waals surface area contributed by atoms with Crippen molar-refractivity contribution in [2.24, 2.45) is 22.7 Å². The van der Waals surface area contributed by atoms with E-state index in [1.54, 1.807) is 0 Å². The van der Waals surface area contributed by atoms with Gasteiger partial charge in [0.05, 0.1) is 6.04 Å². The van der Waals surface area contributed by atoms with Crippen LogP contribution in [0.25, 0.3) is 0 Å². The van der Waals surface area contributed by atoms with Gasteiger partial charge in [-0.1, -0.05) is 63.9 Å². The Morgan fingerprint density at radius 3 is 1.97 bits per heavy atom. The van der Waals surface area contributed by atoms with Gasteiger partial charge in [0.15, 0.2) is 0 Å². The van der Waals surface area contributed by atoms with Crippen LogP contribution < -0.4 is 0 Å². The van der Waals surface area contributed by atoms with Crippen LogP contribution in [0.4, 0.5) is 0 Å². The van der Waals surface area contributed by atoms with Gasteiger partial charge in [0.2, 0.25) is 5.90 Å². The van der Waals surface area contributed by atoms with Gasteiger partial charge in [0.25, 0.3) is 0 Å². The minimum Gasteiger partial charge on any atom is -0.474 e. The molecule has 0 spiro atoms. The first-order valence-corrected chi connectivity index (χ1v) is 13.1. The quantitative estimate of drug-likeness (QED) is 0.523. The number of nitrogens with zero attached hydrogens (tertiary/aromatic N) is 2. The van der Waals surface area contributed by atoms with E-state index in [9.17, 15) is 0 Å². The molecule has 1 aliphatic heterocycles. The second kappa shape index (κ2) is 9.83. The molecular weight excluding hydrogens is 368 g/mol. The van der Waals surface area contributed by atoms with Crippen molar-refractivity contribution in [3.8, 4) is 0 Å². The molecule has 0 unspecified atom stereocenters. The number of rotatable bonds is 5. The van der Waals surface area contributed by atoms with Crippen LogP contribution in [0.3, 0.4) is 0 Å². The highest BCUT2D eigenvalue weighted by Gasteiger charge is 2.34.